The Morgan fingerprint density at radius 2 is 1.85 bits per heavy atom. The minimum absolute atomic E-state index is 0.0551. The van der Waals surface area contributed by atoms with Gasteiger partial charge in [0, 0.05) is 31.0 Å². The number of aryl methyl sites for hydroxylation is 3. The van der Waals surface area contributed by atoms with Gasteiger partial charge in [0.2, 0.25) is 5.43 Å². The van der Waals surface area contributed by atoms with E-state index in [-0.39, 0.29) is 29.6 Å². The number of nitrogens with zero attached hydrogens (tertiary/aromatic N) is 4. The number of rotatable bonds is 5. The lowest BCUT2D eigenvalue weighted by Crippen LogP contribution is -2.34. The van der Waals surface area contributed by atoms with E-state index in [0.29, 0.717) is 23.3 Å². The summed E-state index contributed by atoms with van der Waals surface area (Å²) in [6.45, 7) is 6.55. The molecule has 8 heteroatoms. The highest BCUT2D eigenvalue weighted by atomic mass is 16.2. The van der Waals surface area contributed by atoms with Gasteiger partial charge in [0.05, 0.1) is 17.6 Å². The Labute approximate surface area is 155 Å². The fourth-order valence-electron chi connectivity index (χ4n) is 2.84. The van der Waals surface area contributed by atoms with Gasteiger partial charge in [-0.05, 0) is 39.0 Å². The lowest BCUT2D eigenvalue weighted by molar-refractivity contribution is 0.0950. The first-order valence-electron chi connectivity index (χ1n) is 8.74. The molecule has 1 N–H and O–H groups in total. The first-order chi connectivity index (χ1) is 12.9. The largest absolute Gasteiger partial charge is 0.350 e. The molecule has 0 atom stereocenters. The van der Waals surface area contributed by atoms with Crippen LogP contribution >= 0.6 is 0 Å². The SMILES string of the molecule is CCn1cc(C(=O)NCCn2nc(C)ccc2=O)c(=O)c2ccc(C)nc21. The van der Waals surface area contributed by atoms with Crippen LogP contribution in [0.25, 0.3) is 11.0 Å². The number of carbonyl (C=O) groups is 1. The second kappa shape index (κ2) is 7.53. The van der Waals surface area contributed by atoms with Gasteiger partial charge in [0.25, 0.3) is 11.5 Å². The van der Waals surface area contributed by atoms with Gasteiger partial charge in [-0.15, -0.1) is 0 Å². The molecule has 140 valence electrons. The lowest BCUT2D eigenvalue weighted by Gasteiger charge is -2.12. The third-order valence-corrected chi connectivity index (χ3v) is 4.26. The van der Waals surface area contributed by atoms with Gasteiger partial charge in [0.15, 0.2) is 0 Å². The normalized spacial score (nSPS) is 10.9. The highest BCUT2D eigenvalue weighted by Crippen LogP contribution is 2.11. The van der Waals surface area contributed by atoms with Crippen LogP contribution in [0.15, 0.2) is 40.1 Å². The molecule has 0 aromatic carbocycles. The molecule has 0 radical (unpaired) electrons. The molecule has 8 nitrogen and oxygen atoms in total. The molecule has 0 unspecified atom stereocenters. The molecule has 0 aliphatic heterocycles. The molecule has 1 amide bonds. The van der Waals surface area contributed by atoms with Crippen LogP contribution in [0.5, 0.6) is 0 Å². The Morgan fingerprint density at radius 1 is 1.11 bits per heavy atom. The molecule has 0 aliphatic carbocycles. The van der Waals surface area contributed by atoms with E-state index < -0.39 is 5.91 Å². The number of amides is 1. The summed E-state index contributed by atoms with van der Waals surface area (Å²) in [6.07, 6.45) is 1.53. The van der Waals surface area contributed by atoms with Gasteiger partial charge >= 0.3 is 0 Å². The van der Waals surface area contributed by atoms with Gasteiger partial charge in [-0.2, -0.15) is 5.10 Å². The third kappa shape index (κ3) is 3.79. The van der Waals surface area contributed by atoms with E-state index in [1.165, 1.54) is 16.9 Å². The second-order valence-corrected chi connectivity index (χ2v) is 6.27. The van der Waals surface area contributed by atoms with E-state index in [4.69, 9.17) is 0 Å². The molecule has 0 saturated carbocycles. The van der Waals surface area contributed by atoms with E-state index in [1.54, 1.807) is 29.7 Å². The van der Waals surface area contributed by atoms with Crippen molar-refractivity contribution >= 4 is 16.9 Å². The maximum Gasteiger partial charge on any atom is 0.266 e. The second-order valence-electron chi connectivity index (χ2n) is 6.27. The minimum atomic E-state index is -0.481. The average molecular weight is 367 g/mol. The van der Waals surface area contributed by atoms with E-state index in [1.807, 2.05) is 13.8 Å². The first-order valence-corrected chi connectivity index (χ1v) is 8.74. The highest BCUT2D eigenvalue weighted by molar-refractivity contribution is 5.96. The smallest absolute Gasteiger partial charge is 0.266 e. The Morgan fingerprint density at radius 3 is 2.59 bits per heavy atom. The van der Waals surface area contributed by atoms with Gasteiger partial charge in [-0.25, -0.2) is 9.67 Å². The predicted octanol–water partition coefficient (Wildman–Crippen LogP) is 1.02. The van der Waals surface area contributed by atoms with E-state index in [2.05, 4.69) is 15.4 Å². The van der Waals surface area contributed by atoms with E-state index >= 15 is 0 Å². The molecule has 0 fully saturated rings. The Hall–Kier alpha value is -3.29. The van der Waals surface area contributed by atoms with E-state index in [0.717, 1.165) is 5.69 Å². The van der Waals surface area contributed by atoms with Gasteiger partial charge in [-0.1, -0.05) is 0 Å². The summed E-state index contributed by atoms with van der Waals surface area (Å²) in [7, 11) is 0. The van der Waals surface area contributed by atoms with Gasteiger partial charge in [0.1, 0.15) is 11.2 Å². The molecule has 0 saturated heterocycles. The number of aromatic nitrogens is 4. The van der Waals surface area contributed by atoms with Crippen molar-refractivity contribution in [2.24, 2.45) is 0 Å². The third-order valence-electron chi connectivity index (χ3n) is 4.26. The zero-order chi connectivity index (χ0) is 19.6. The minimum Gasteiger partial charge on any atom is -0.350 e. The number of carbonyl (C=O) groups excluding carboxylic acids is 1. The quantitative estimate of drug-likeness (QED) is 0.726. The Kier molecular flexibility index (Phi) is 5.16. The standard InChI is InChI=1S/C19H21N5O3/c1-4-23-11-15(17(26)14-7-5-12(2)21-18(14)23)19(27)20-9-10-24-16(25)8-6-13(3)22-24/h5-8,11H,4,9-10H2,1-3H3,(H,20,27). The fraction of sp³-hybridized carbons (Fsp3) is 0.316. The number of hydrogen-bond donors (Lipinski definition) is 1. The average Bonchev–Trinajstić information content (AvgIpc) is 2.64. The summed E-state index contributed by atoms with van der Waals surface area (Å²) >= 11 is 0. The maximum atomic E-state index is 12.7. The van der Waals surface area contributed by atoms with Crippen molar-refractivity contribution in [1.29, 1.82) is 0 Å². The van der Waals surface area contributed by atoms with Gasteiger partial charge < -0.3 is 9.88 Å². The molecule has 3 aromatic heterocycles. The van der Waals surface area contributed by atoms with Crippen LogP contribution < -0.4 is 16.3 Å². The number of hydrogen-bond acceptors (Lipinski definition) is 5. The fourth-order valence-corrected chi connectivity index (χ4v) is 2.84. The van der Waals surface area contributed by atoms with E-state index in [9.17, 15) is 14.4 Å². The molecular formula is C19H21N5O3. The van der Waals surface area contributed by atoms with Gasteiger partial charge in [-0.3, -0.25) is 14.4 Å². The first kappa shape index (κ1) is 18.5. The molecule has 3 aromatic rings. The summed E-state index contributed by atoms with van der Waals surface area (Å²) in [4.78, 5) is 41.4. The summed E-state index contributed by atoms with van der Waals surface area (Å²) in [5.41, 5.74) is 1.54. The van der Waals surface area contributed by atoms with Crippen LogP contribution in [0.3, 0.4) is 0 Å². The zero-order valence-electron chi connectivity index (χ0n) is 15.5. The maximum absolute atomic E-state index is 12.7. The van der Waals surface area contributed by atoms with Crippen molar-refractivity contribution in [3.05, 3.63) is 68.0 Å². The molecular weight excluding hydrogens is 346 g/mol. The monoisotopic (exact) mass is 367 g/mol. The van der Waals surface area contributed by atoms with Crippen LogP contribution in [0.1, 0.15) is 28.7 Å². The van der Waals surface area contributed by atoms with Crippen LogP contribution in [0.4, 0.5) is 0 Å². The number of nitrogens with one attached hydrogen (secondary N) is 1. The zero-order valence-corrected chi connectivity index (χ0v) is 15.5. The van der Waals surface area contributed by atoms with Crippen molar-refractivity contribution in [3.63, 3.8) is 0 Å². The van der Waals surface area contributed by atoms with Crippen molar-refractivity contribution < 1.29 is 4.79 Å². The van der Waals surface area contributed by atoms with Crippen molar-refractivity contribution in [2.45, 2.75) is 33.9 Å². The van der Waals surface area contributed by atoms with Crippen LogP contribution in [-0.4, -0.2) is 31.8 Å². The molecule has 0 aliphatic rings. The topological polar surface area (TPSA) is 98.9 Å². The van der Waals surface area contributed by atoms with Crippen LogP contribution in [0, 0.1) is 13.8 Å². The Balaban J connectivity index is 1.84. The summed E-state index contributed by atoms with van der Waals surface area (Å²) in [5, 5.41) is 7.21. The molecule has 3 rings (SSSR count). The molecule has 0 bridgehead atoms. The Bertz CT molecular complexity index is 1130. The number of fused-ring (bicyclic) bond motifs is 1. The van der Waals surface area contributed by atoms with Crippen LogP contribution in [-0.2, 0) is 13.1 Å². The predicted molar refractivity (Wildman–Crippen MR) is 102 cm³/mol. The van der Waals surface area contributed by atoms with Crippen molar-refractivity contribution in [3.8, 4) is 0 Å². The van der Waals surface area contributed by atoms with Crippen LogP contribution in [0.2, 0.25) is 0 Å². The lowest BCUT2D eigenvalue weighted by atomic mass is 10.1. The van der Waals surface area contributed by atoms with Crippen molar-refractivity contribution in [2.75, 3.05) is 6.54 Å². The molecule has 0 spiro atoms. The highest BCUT2D eigenvalue weighted by Gasteiger charge is 2.15. The molecule has 27 heavy (non-hydrogen) atoms. The number of pyridine rings is 2. The van der Waals surface area contributed by atoms with Crippen molar-refractivity contribution in [1.82, 2.24) is 24.6 Å². The molecule has 3 heterocycles. The summed E-state index contributed by atoms with van der Waals surface area (Å²) < 4.78 is 3.07. The summed E-state index contributed by atoms with van der Waals surface area (Å²) in [5.74, 6) is -0.481. The summed E-state index contributed by atoms with van der Waals surface area (Å²) in [6, 6.07) is 6.51.